The normalized spacial score (nSPS) is 24.5. The van der Waals surface area contributed by atoms with Crippen molar-refractivity contribution in [3.05, 3.63) is 35.9 Å². The van der Waals surface area contributed by atoms with Gasteiger partial charge in [0.2, 0.25) is 11.8 Å². The van der Waals surface area contributed by atoms with E-state index in [9.17, 15) is 9.59 Å². The fourth-order valence-electron chi connectivity index (χ4n) is 3.30. The highest BCUT2D eigenvalue weighted by atomic mass is 35.5. The Kier molecular flexibility index (Phi) is 6.02. The molecule has 2 atom stereocenters. The Morgan fingerprint density at radius 2 is 2.04 bits per heavy atom. The lowest BCUT2D eigenvalue weighted by molar-refractivity contribution is -0.138. The maximum absolute atomic E-state index is 12.7. The standard InChI is InChI=1S/C17H23N3O2.ClH/c1-13-10-18-7-8-20(13)17(22)15-9-16(21)19(12-15)11-14-5-3-2-4-6-14;/h2-6,13,15,18H,7-12H2,1H3;1H/t13-,15?;/m0./s1. The van der Waals surface area contributed by atoms with Gasteiger partial charge in [0.1, 0.15) is 0 Å². The second-order valence-corrected chi connectivity index (χ2v) is 6.25. The molecule has 2 aliphatic rings. The van der Waals surface area contributed by atoms with Gasteiger partial charge in [-0.05, 0) is 12.5 Å². The van der Waals surface area contributed by atoms with E-state index in [1.807, 2.05) is 40.1 Å². The molecule has 0 aliphatic carbocycles. The fourth-order valence-corrected chi connectivity index (χ4v) is 3.30. The number of carbonyl (C=O) groups excluding carboxylic acids is 2. The van der Waals surface area contributed by atoms with Crippen LogP contribution in [-0.4, -0.2) is 53.8 Å². The summed E-state index contributed by atoms with van der Waals surface area (Å²) in [5, 5.41) is 3.29. The number of nitrogens with zero attached hydrogens (tertiary/aromatic N) is 2. The molecule has 5 nitrogen and oxygen atoms in total. The molecule has 0 aromatic heterocycles. The summed E-state index contributed by atoms with van der Waals surface area (Å²) in [5.74, 6) is 0.0414. The number of rotatable bonds is 3. The number of hydrogen-bond donors (Lipinski definition) is 1. The summed E-state index contributed by atoms with van der Waals surface area (Å²) in [6.45, 7) is 5.61. The monoisotopic (exact) mass is 337 g/mol. The van der Waals surface area contributed by atoms with Gasteiger partial charge in [0, 0.05) is 45.2 Å². The van der Waals surface area contributed by atoms with Crippen molar-refractivity contribution >= 4 is 24.2 Å². The molecule has 2 amide bonds. The second kappa shape index (κ2) is 7.79. The first-order chi connectivity index (χ1) is 10.6. The first-order valence-electron chi connectivity index (χ1n) is 7.98. The van der Waals surface area contributed by atoms with Crippen molar-refractivity contribution in [1.29, 1.82) is 0 Å². The molecule has 2 aliphatic heterocycles. The van der Waals surface area contributed by atoms with Crippen LogP contribution in [0, 0.1) is 5.92 Å². The number of piperazine rings is 1. The molecule has 3 rings (SSSR count). The third-order valence-electron chi connectivity index (χ3n) is 4.56. The predicted molar refractivity (Wildman–Crippen MR) is 91.3 cm³/mol. The third kappa shape index (κ3) is 4.03. The van der Waals surface area contributed by atoms with Gasteiger partial charge >= 0.3 is 0 Å². The Morgan fingerprint density at radius 1 is 1.30 bits per heavy atom. The van der Waals surface area contributed by atoms with E-state index in [4.69, 9.17) is 0 Å². The van der Waals surface area contributed by atoms with Gasteiger partial charge in [-0.3, -0.25) is 9.59 Å². The van der Waals surface area contributed by atoms with Crippen molar-refractivity contribution in [3.63, 3.8) is 0 Å². The zero-order valence-electron chi connectivity index (χ0n) is 13.4. The molecule has 1 aromatic carbocycles. The maximum atomic E-state index is 12.7. The first kappa shape index (κ1) is 17.8. The first-order valence-corrected chi connectivity index (χ1v) is 7.98. The second-order valence-electron chi connectivity index (χ2n) is 6.25. The molecule has 1 N–H and O–H groups in total. The molecule has 126 valence electrons. The number of hydrogen-bond acceptors (Lipinski definition) is 3. The van der Waals surface area contributed by atoms with Gasteiger partial charge in [0.15, 0.2) is 0 Å². The van der Waals surface area contributed by atoms with E-state index in [0.29, 0.717) is 19.5 Å². The lowest BCUT2D eigenvalue weighted by atomic mass is 10.1. The van der Waals surface area contributed by atoms with Crippen LogP contribution in [0.15, 0.2) is 30.3 Å². The van der Waals surface area contributed by atoms with Crippen LogP contribution in [0.3, 0.4) is 0 Å². The summed E-state index contributed by atoms with van der Waals surface area (Å²) >= 11 is 0. The minimum atomic E-state index is -0.184. The number of benzene rings is 1. The third-order valence-corrected chi connectivity index (χ3v) is 4.56. The van der Waals surface area contributed by atoms with Gasteiger partial charge in [0.25, 0.3) is 0 Å². The molecule has 23 heavy (non-hydrogen) atoms. The zero-order valence-corrected chi connectivity index (χ0v) is 14.2. The van der Waals surface area contributed by atoms with Crippen LogP contribution in [0.1, 0.15) is 18.9 Å². The van der Waals surface area contributed by atoms with Crippen molar-refractivity contribution in [1.82, 2.24) is 15.1 Å². The Hall–Kier alpha value is -1.59. The Labute approximate surface area is 143 Å². The highest BCUT2D eigenvalue weighted by Gasteiger charge is 2.38. The van der Waals surface area contributed by atoms with E-state index >= 15 is 0 Å². The molecule has 6 heteroatoms. The average molecular weight is 338 g/mol. The van der Waals surface area contributed by atoms with Crippen LogP contribution in [0.5, 0.6) is 0 Å². The van der Waals surface area contributed by atoms with Gasteiger partial charge in [-0.2, -0.15) is 0 Å². The lowest BCUT2D eigenvalue weighted by Crippen LogP contribution is -2.54. The van der Waals surface area contributed by atoms with Crippen molar-refractivity contribution in [2.45, 2.75) is 25.9 Å². The van der Waals surface area contributed by atoms with E-state index in [1.165, 1.54) is 0 Å². The van der Waals surface area contributed by atoms with Gasteiger partial charge in [0.05, 0.1) is 5.92 Å². The van der Waals surface area contributed by atoms with Crippen molar-refractivity contribution in [3.8, 4) is 0 Å². The van der Waals surface area contributed by atoms with Crippen LogP contribution in [0.25, 0.3) is 0 Å². The average Bonchev–Trinajstić information content (AvgIpc) is 2.89. The van der Waals surface area contributed by atoms with Crippen LogP contribution in [0.2, 0.25) is 0 Å². The van der Waals surface area contributed by atoms with Crippen LogP contribution < -0.4 is 5.32 Å². The smallest absolute Gasteiger partial charge is 0.228 e. The number of amides is 2. The number of nitrogens with one attached hydrogen (secondary N) is 1. The summed E-state index contributed by atoms with van der Waals surface area (Å²) in [5.41, 5.74) is 1.11. The molecule has 1 unspecified atom stereocenters. The Morgan fingerprint density at radius 3 is 2.74 bits per heavy atom. The van der Waals surface area contributed by atoms with E-state index < -0.39 is 0 Å². The van der Waals surface area contributed by atoms with Crippen molar-refractivity contribution < 1.29 is 9.59 Å². The van der Waals surface area contributed by atoms with E-state index in [-0.39, 0.29) is 36.2 Å². The molecule has 2 fully saturated rings. The van der Waals surface area contributed by atoms with Crippen LogP contribution >= 0.6 is 12.4 Å². The van der Waals surface area contributed by atoms with Crippen LogP contribution in [0.4, 0.5) is 0 Å². The summed E-state index contributed by atoms with van der Waals surface area (Å²) in [4.78, 5) is 28.6. The Balaban J connectivity index is 0.00000192. The highest BCUT2D eigenvalue weighted by Crippen LogP contribution is 2.23. The fraction of sp³-hybridized carbons (Fsp3) is 0.529. The van der Waals surface area contributed by atoms with E-state index in [0.717, 1.165) is 25.2 Å². The molecular weight excluding hydrogens is 314 g/mol. The van der Waals surface area contributed by atoms with Gasteiger partial charge in [-0.15, -0.1) is 12.4 Å². The molecule has 2 heterocycles. The summed E-state index contributed by atoms with van der Waals surface area (Å²) in [7, 11) is 0. The minimum absolute atomic E-state index is 0. The molecule has 0 spiro atoms. The van der Waals surface area contributed by atoms with Gasteiger partial charge in [-0.1, -0.05) is 30.3 Å². The maximum Gasteiger partial charge on any atom is 0.228 e. The summed E-state index contributed by atoms with van der Waals surface area (Å²) < 4.78 is 0. The minimum Gasteiger partial charge on any atom is -0.338 e. The SMILES string of the molecule is C[C@H]1CNCCN1C(=O)C1CC(=O)N(Cc2ccccc2)C1.Cl. The Bertz CT molecular complexity index is 552. The molecule has 0 saturated carbocycles. The molecular formula is C17H24ClN3O2. The molecule has 1 aromatic rings. The molecule has 2 saturated heterocycles. The van der Waals surface area contributed by atoms with E-state index in [1.54, 1.807) is 0 Å². The largest absolute Gasteiger partial charge is 0.338 e. The number of likely N-dealkylation sites (tertiary alicyclic amines) is 1. The number of halogens is 1. The number of carbonyl (C=O) groups is 2. The predicted octanol–water partition coefficient (Wildman–Crippen LogP) is 1.28. The highest BCUT2D eigenvalue weighted by molar-refractivity contribution is 5.89. The molecule has 0 radical (unpaired) electrons. The lowest BCUT2D eigenvalue weighted by Gasteiger charge is -2.35. The summed E-state index contributed by atoms with van der Waals surface area (Å²) in [6, 6.07) is 10.1. The zero-order chi connectivity index (χ0) is 15.5. The van der Waals surface area contributed by atoms with Gasteiger partial charge in [-0.25, -0.2) is 0 Å². The summed E-state index contributed by atoms with van der Waals surface area (Å²) in [6.07, 6.45) is 0.350. The van der Waals surface area contributed by atoms with Gasteiger partial charge < -0.3 is 15.1 Å². The quantitative estimate of drug-likeness (QED) is 0.904. The van der Waals surface area contributed by atoms with Crippen molar-refractivity contribution in [2.75, 3.05) is 26.2 Å². The van der Waals surface area contributed by atoms with E-state index in [2.05, 4.69) is 12.2 Å². The molecule has 0 bridgehead atoms. The van der Waals surface area contributed by atoms with Crippen molar-refractivity contribution in [2.24, 2.45) is 5.92 Å². The van der Waals surface area contributed by atoms with Crippen LogP contribution in [-0.2, 0) is 16.1 Å². The topological polar surface area (TPSA) is 52.7 Å².